The number of nitrogens with zero attached hydrogens (tertiary/aromatic N) is 1. The number of thiophene rings is 1. The lowest BCUT2D eigenvalue weighted by molar-refractivity contribution is 0.0636. The molecule has 4 rings (SSSR count). The predicted molar refractivity (Wildman–Crippen MR) is 123 cm³/mol. The molecule has 0 radical (unpaired) electrons. The molecule has 4 aromatic rings. The maximum absolute atomic E-state index is 12.8. The lowest BCUT2D eigenvalue weighted by Gasteiger charge is -2.19. The Balaban J connectivity index is 1.94. The standard InChI is InChI=1S/C24H22N2O3S/c1-24(2,3)29-23(28)25-21-20(16-10-6-4-7-11-16)18-14-15-19(27)26(22(18)30-21)17-12-8-5-9-13-17/h4-15H,1-3H3,(H,25,28). The summed E-state index contributed by atoms with van der Waals surface area (Å²) in [4.78, 5) is 26.0. The molecule has 6 heteroatoms. The molecule has 0 atom stereocenters. The van der Waals surface area contributed by atoms with Gasteiger partial charge in [0.15, 0.2) is 0 Å². The number of aromatic nitrogens is 1. The van der Waals surface area contributed by atoms with Gasteiger partial charge in [0.2, 0.25) is 0 Å². The van der Waals surface area contributed by atoms with Gasteiger partial charge in [0, 0.05) is 17.0 Å². The van der Waals surface area contributed by atoms with Gasteiger partial charge in [0.25, 0.3) is 5.56 Å². The monoisotopic (exact) mass is 418 g/mol. The molecule has 1 N–H and O–H groups in total. The highest BCUT2D eigenvalue weighted by Crippen LogP contribution is 2.42. The van der Waals surface area contributed by atoms with Crippen LogP contribution in [0.5, 0.6) is 0 Å². The van der Waals surface area contributed by atoms with Crippen LogP contribution in [0.25, 0.3) is 27.0 Å². The third-order valence-corrected chi connectivity index (χ3v) is 5.54. The van der Waals surface area contributed by atoms with E-state index in [4.69, 9.17) is 4.74 Å². The van der Waals surface area contributed by atoms with E-state index < -0.39 is 11.7 Å². The molecule has 0 aliphatic heterocycles. The van der Waals surface area contributed by atoms with Gasteiger partial charge in [0.1, 0.15) is 15.4 Å². The van der Waals surface area contributed by atoms with Crippen LogP contribution in [-0.4, -0.2) is 16.3 Å². The van der Waals surface area contributed by atoms with Crippen LogP contribution >= 0.6 is 11.3 Å². The number of amides is 1. The number of rotatable bonds is 3. The fourth-order valence-corrected chi connectivity index (χ4v) is 4.50. The van der Waals surface area contributed by atoms with E-state index in [1.54, 1.807) is 10.6 Å². The lowest BCUT2D eigenvalue weighted by Crippen LogP contribution is -2.27. The van der Waals surface area contributed by atoms with Crippen molar-refractivity contribution in [2.75, 3.05) is 5.32 Å². The Morgan fingerprint density at radius 3 is 2.20 bits per heavy atom. The number of hydrogen-bond donors (Lipinski definition) is 1. The van der Waals surface area contributed by atoms with Gasteiger partial charge < -0.3 is 4.74 Å². The largest absolute Gasteiger partial charge is 0.444 e. The first kappa shape index (κ1) is 19.9. The van der Waals surface area contributed by atoms with Crippen molar-refractivity contribution in [3.05, 3.63) is 83.2 Å². The fourth-order valence-electron chi connectivity index (χ4n) is 3.28. The van der Waals surface area contributed by atoms with Crippen LogP contribution in [-0.2, 0) is 4.74 Å². The van der Waals surface area contributed by atoms with Gasteiger partial charge in [-0.05, 0) is 44.5 Å². The summed E-state index contributed by atoms with van der Waals surface area (Å²) in [7, 11) is 0. The highest BCUT2D eigenvalue weighted by molar-refractivity contribution is 7.23. The number of hydrogen-bond acceptors (Lipinski definition) is 4. The summed E-state index contributed by atoms with van der Waals surface area (Å²) in [6.45, 7) is 5.47. The van der Waals surface area contributed by atoms with Crippen LogP contribution < -0.4 is 10.9 Å². The van der Waals surface area contributed by atoms with Crippen LogP contribution in [0.4, 0.5) is 9.80 Å². The van der Waals surface area contributed by atoms with Crippen molar-refractivity contribution in [1.82, 2.24) is 4.57 Å². The van der Waals surface area contributed by atoms with E-state index in [0.29, 0.717) is 5.00 Å². The van der Waals surface area contributed by atoms with Gasteiger partial charge in [-0.15, -0.1) is 0 Å². The number of para-hydroxylation sites is 1. The summed E-state index contributed by atoms with van der Waals surface area (Å²) in [5.41, 5.74) is 1.86. The van der Waals surface area contributed by atoms with E-state index in [2.05, 4.69) is 5.32 Å². The van der Waals surface area contributed by atoms with Crippen LogP contribution in [0.15, 0.2) is 77.6 Å². The van der Waals surface area contributed by atoms with Crippen molar-refractivity contribution in [2.24, 2.45) is 0 Å². The third-order valence-electron chi connectivity index (χ3n) is 4.43. The topological polar surface area (TPSA) is 60.3 Å². The zero-order valence-corrected chi connectivity index (χ0v) is 17.8. The Bertz CT molecular complexity index is 1250. The first-order valence-electron chi connectivity index (χ1n) is 9.63. The molecule has 0 saturated heterocycles. The number of carbonyl (C=O) groups excluding carboxylic acids is 1. The molecule has 30 heavy (non-hydrogen) atoms. The molecule has 0 spiro atoms. The number of carbonyl (C=O) groups is 1. The molecule has 2 heterocycles. The average Bonchev–Trinajstić information content (AvgIpc) is 3.05. The molecule has 152 valence electrons. The molecule has 2 aromatic heterocycles. The second kappa shape index (κ2) is 7.80. The number of anilines is 1. The van der Waals surface area contributed by atoms with E-state index >= 15 is 0 Å². The molecule has 0 saturated carbocycles. The maximum atomic E-state index is 12.8. The summed E-state index contributed by atoms with van der Waals surface area (Å²) in [5.74, 6) is 0. The Hall–Kier alpha value is -3.38. The second-order valence-corrected chi connectivity index (χ2v) is 8.86. The number of pyridine rings is 1. The highest BCUT2D eigenvalue weighted by Gasteiger charge is 2.22. The summed E-state index contributed by atoms with van der Waals surface area (Å²) in [5, 5.41) is 4.42. The molecule has 0 fully saturated rings. The molecule has 0 aliphatic rings. The van der Waals surface area contributed by atoms with Crippen molar-refractivity contribution < 1.29 is 9.53 Å². The molecule has 0 bridgehead atoms. The lowest BCUT2D eigenvalue weighted by atomic mass is 10.0. The fraction of sp³-hybridized carbons (Fsp3) is 0.167. The van der Waals surface area contributed by atoms with Gasteiger partial charge in [-0.1, -0.05) is 59.9 Å². The number of ether oxygens (including phenoxy) is 1. The second-order valence-electron chi connectivity index (χ2n) is 7.86. The van der Waals surface area contributed by atoms with E-state index in [-0.39, 0.29) is 5.56 Å². The summed E-state index contributed by atoms with van der Waals surface area (Å²) in [6, 6.07) is 22.7. The van der Waals surface area contributed by atoms with E-state index in [9.17, 15) is 9.59 Å². The van der Waals surface area contributed by atoms with Crippen molar-refractivity contribution in [3.8, 4) is 16.8 Å². The van der Waals surface area contributed by atoms with Gasteiger partial charge in [-0.25, -0.2) is 4.79 Å². The quantitative estimate of drug-likeness (QED) is 0.439. The minimum Gasteiger partial charge on any atom is -0.444 e. The van der Waals surface area contributed by atoms with E-state index in [1.165, 1.54) is 11.3 Å². The van der Waals surface area contributed by atoms with Gasteiger partial charge in [-0.2, -0.15) is 0 Å². The zero-order chi connectivity index (χ0) is 21.3. The minimum absolute atomic E-state index is 0.127. The third kappa shape index (κ3) is 4.00. The smallest absolute Gasteiger partial charge is 0.412 e. The van der Waals surface area contributed by atoms with Gasteiger partial charge >= 0.3 is 6.09 Å². The summed E-state index contributed by atoms with van der Waals surface area (Å²) in [6.07, 6.45) is -0.528. The number of benzene rings is 2. The molecule has 2 aromatic carbocycles. The van der Waals surface area contributed by atoms with Gasteiger partial charge in [0.05, 0.1) is 5.69 Å². The normalized spacial score (nSPS) is 11.4. The molecular formula is C24H22N2O3S. The number of fused-ring (bicyclic) bond motifs is 1. The Morgan fingerprint density at radius 2 is 1.57 bits per heavy atom. The predicted octanol–water partition coefficient (Wildman–Crippen LogP) is 6.07. The molecular weight excluding hydrogens is 396 g/mol. The molecule has 1 amide bonds. The van der Waals surface area contributed by atoms with Gasteiger partial charge in [-0.3, -0.25) is 14.7 Å². The van der Waals surface area contributed by atoms with Crippen LogP contribution in [0.2, 0.25) is 0 Å². The SMILES string of the molecule is CC(C)(C)OC(=O)Nc1sc2c(ccc(=O)n2-c2ccccc2)c1-c1ccccc1. The highest BCUT2D eigenvalue weighted by atomic mass is 32.1. The van der Waals surface area contributed by atoms with Crippen molar-refractivity contribution >= 4 is 32.6 Å². The minimum atomic E-state index is -0.611. The Labute approximate surface area is 178 Å². The molecule has 0 unspecified atom stereocenters. The van der Waals surface area contributed by atoms with Crippen LogP contribution in [0, 0.1) is 0 Å². The van der Waals surface area contributed by atoms with Crippen molar-refractivity contribution in [3.63, 3.8) is 0 Å². The zero-order valence-electron chi connectivity index (χ0n) is 17.0. The first-order chi connectivity index (χ1) is 14.3. The summed E-state index contributed by atoms with van der Waals surface area (Å²) < 4.78 is 7.13. The van der Waals surface area contributed by atoms with Crippen molar-refractivity contribution in [1.29, 1.82) is 0 Å². The Kier molecular flexibility index (Phi) is 5.18. The first-order valence-corrected chi connectivity index (χ1v) is 10.4. The van der Waals surface area contributed by atoms with Crippen LogP contribution in [0.1, 0.15) is 20.8 Å². The number of nitrogens with one attached hydrogen (secondary N) is 1. The molecule has 5 nitrogen and oxygen atoms in total. The summed E-state index contributed by atoms with van der Waals surface area (Å²) >= 11 is 1.36. The maximum Gasteiger partial charge on any atom is 0.412 e. The van der Waals surface area contributed by atoms with Crippen LogP contribution in [0.3, 0.4) is 0 Å². The Morgan fingerprint density at radius 1 is 0.933 bits per heavy atom. The van der Waals surface area contributed by atoms with Crippen molar-refractivity contribution in [2.45, 2.75) is 26.4 Å². The average molecular weight is 419 g/mol. The van der Waals surface area contributed by atoms with E-state index in [1.807, 2.05) is 87.5 Å². The molecule has 0 aliphatic carbocycles. The van der Waals surface area contributed by atoms with E-state index in [0.717, 1.165) is 27.0 Å².